The second-order valence-electron chi connectivity index (χ2n) is 9.73. The highest BCUT2D eigenvalue weighted by molar-refractivity contribution is 6.00. The second kappa shape index (κ2) is 9.63. The van der Waals surface area contributed by atoms with Crippen molar-refractivity contribution in [3.8, 4) is 11.5 Å². The molecule has 2 amide bonds. The number of fused-ring (bicyclic) bond motifs is 1. The zero-order valence-corrected chi connectivity index (χ0v) is 19.9. The normalized spacial score (nSPS) is 15.2. The molecule has 1 N–H and O–H groups in total. The third kappa shape index (κ3) is 5.61. The van der Waals surface area contributed by atoms with Crippen LogP contribution in [0.1, 0.15) is 53.0 Å². The van der Waals surface area contributed by atoms with Crippen LogP contribution >= 0.6 is 0 Å². The molecule has 6 nitrogen and oxygen atoms in total. The van der Waals surface area contributed by atoms with Gasteiger partial charge in [-0.25, -0.2) is 0 Å². The van der Waals surface area contributed by atoms with Crippen molar-refractivity contribution < 1.29 is 19.1 Å². The van der Waals surface area contributed by atoms with Crippen LogP contribution in [0, 0.1) is 11.3 Å². The Morgan fingerprint density at radius 3 is 2.44 bits per heavy atom. The molecule has 0 fully saturated rings. The van der Waals surface area contributed by atoms with Crippen molar-refractivity contribution in [2.24, 2.45) is 11.3 Å². The Labute approximate surface area is 190 Å². The highest BCUT2D eigenvalue weighted by atomic mass is 16.5. The number of amides is 2. The summed E-state index contributed by atoms with van der Waals surface area (Å²) in [6, 6.07) is 13.1. The van der Waals surface area contributed by atoms with Crippen molar-refractivity contribution in [3.05, 3.63) is 48.0 Å². The van der Waals surface area contributed by atoms with Gasteiger partial charge in [-0.1, -0.05) is 39.8 Å². The number of hydrogen-bond acceptors (Lipinski definition) is 4. The highest BCUT2D eigenvalue weighted by Gasteiger charge is 2.38. The maximum absolute atomic E-state index is 13.2. The number of nitrogens with one attached hydrogen (secondary N) is 1. The molecule has 3 rings (SSSR count). The molecule has 6 heteroatoms. The third-order valence-electron chi connectivity index (χ3n) is 5.41. The average molecular weight is 439 g/mol. The van der Waals surface area contributed by atoms with E-state index in [1.54, 1.807) is 23.1 Å². The number of ether oxygens (including phenoxy) is 2. The minimum atomic E-state index is -0.629. The summed E-state index contributed by atoms with van der Waals surface area (Å²) in [5.41, 5.74) is 1.86. The number of carbonyl (C=O) groups is 2. The van der Waals surface area contributed by atoms with Gasteiger partial charge in [-0.15, -0.1) is 0 Å². The first-order chi connectivity index (χ1) is 15.1. The summed E-state index contributed by atoms with van der Waals surface area (Å²) in [6.45, 7) is 13.0. The zero-order valence-electron chi connectivity index (χ0n) is 19.9. The van der Waals surface area contributed by atoms with Crippen molar-refractivity contribution in [1.82, 2.24) is 0 Å². The molecule has 1 heterocycles. The molecule has 1 aliphatic heterocycles. The predicted octanol–water partition coefficient (Wildman–Crippen LogP) is 5.24. The smallest absolute Gasteiger partial charge is 0.262 e. The fourth-order valence-corrected chi connectivity index (χ4v) is 3.56. The molecule has 0 aliphatic carbocycles. The first-order valence-corrected chi connectivity index (χ1v) is 11.2. The van der Waals surface area contributed by atoms with Crippen molar-refractivity contribution in [2.75, 3.05) is 30.0 Å². The first-order valence-electron chi connectivity index (χ1n) is 11.2. The zero-order chi connectivity index (χ0) is 23.5. The number of carbonyl (C=O) groups excluding carboxylic acids is 2. The van der Waals surface area contributed by atoms with Crippen LogP contribution in [-0.2, 0) is 9.59 Å². The first kappa shape index (κ1) is 23.6. The van der Waals surface area contributed by atoms with Gasteiger partial charge >= 0.3 is 0 Å². The van der Waals surface area contributed by atoms with E-state index in [-0.39, 0.29) is 24.3 Å². The van der Waals surface area contributed by atoms with E-state index in [0.717, 1.165) is 0 Å². The van der Waals surface area contributed by atoms with Crippen molar-refractivity contribution in [3.63, 3.8) is 0 Å². The monoisotopic (exact) mass is 438 g/mol. The van der Waals surface area contributed by atoms with Gasteiger partial charge < -0.3 is 19.7 Å². The number of benzene rings is 2. The van der Waals surface area contributed by atoms with Crippen LogP contribution in [0.25, 0.3) is 0 Å². The summed E-state index contributed by atoms with van der Waals surface area (Å²) >= 11 is 0. The largest absolute Gasteiger partial charge is 0.490 e. The standard InChI is InChI=1S/C26H34N2O4/c1-17(2)14-28-22-13-20(9-12-23(22)32-16-26(5,6)25(28)30)27-24(29)15-31-21-10-7-19(8-11-21)18(3)4/h7-13,17-18H,14-16H2,1-6H3,(H,27,29). The lowest BCUT2D eigenvalue weighted by molar-refractivity contribution is -0.127. The second-order valence-corrected chi connectivity index (χ2v) is 9.73. The van der Waals surface area contributed by atoms with E-state index in [2.05, 4.69) is 33.0 Å². The van der Waals surface area contributed by atoms with Gasteiger partial charge in [-0.05, 0) is 61.6 Å². The third-order valence-corrected chi connectivity index (χ3v) is 5.41. The number of anilines is 2. The molecule has 0 atom stereocenters. The molecule has 2 aromatic rings. The van der Waals surface area contributed by atoms with Crippen LogP contribution < -0.4 is 19.7 Å². The quantitative estimate of drug-likeness (QED) is 0.642. The Morgan fingerprint density at radius 2 is 1.81 bits per heavy atom. The SMILES string of the molecule is CC(C)CN1C(=O)C(C)(C)COc2ccc(NC(=O)COc3ccc(C(C)C)cc3)cc21. The molecular formula is C26H34N2O4. The van der Waals surface area contributed by atoms with E-state index < -0.39 is 5.41 Å². The van der Waals surface area contributed by atoms with Crippen LogP contribution in [0.4, 0.5) is 11.4 Å². The van der Waals surface area contributed by atoms with E-state index in [9.17, 15) is 9.59 Å². The van der Waals surface area contributed by atoms with Crippen LogP contribution in [-0.4, -0.2) is 31.6 Å². The number of hydrogen-bond donors (Lipinski definition) is 1. The molecule has 0 saturated carbocycles. The van der Waals surface area contributed by atoms with Gasteiger partial charge in [0.1, 0.15) is 18.1 Å². The van der Waals surface area contributed by atoms with Gasteiger partial charge in [-0.3, -0.25) is 9.59 Å². The molecule has 0 spiro atoms. The lowest BCUT2D eigenvalue weighted by atomic mass is 9.92. The number of rotatable bonds is 7. The van der Waals surface area contributed by atoms with Crippen molar-refractivity contribution >= 4 is 23.2 Å². The van der Waals surface area contributed by atoms with Gasteiger partial charge in [0.25, 0.3) is 5.91 Å². The lowest BCUT2D eigenvalue weighted by Gasteiger charge is -2.29. The molecule has 0 saturated heterocycles. The van der Waals surface area contributed by atoms with Crippen LogP contribution in [0.2, 0.25) is 0 Å². The summed E-state index contributed by atoms with van der Waals surface area (Å²) in [6.07, 6.45) is 0. The van der Waals surface area contributed by atoms with E-state index in [4.69, 9.17) is 9.47 Å². The molecule has 32 heavy (non-hydrogen) atoms. The van der Waals surface area contributed by atoms with Crippen molar-refractivity contribution in [2.45, 2.75) is 47.5 Å². The van der Waals surface area contributed by atoms with Gasteiger partial charge in [-0.2, -0.15) is 0 Å². The van der Waals surface area contributed by atoms with Gasteiger partial charge in [0, 0.05) is 12.2 Å². The van der Waals surface area contributed by atoms with Gasteiger partial charge in [0.2, 0.25) is 5.91 Å². The van der Waals surface area contributed by atoms with E-state index in [1.807, 2.05) is 38.1 Å². The Hall–Kier alpha value is -3.02. The minimum Gasteiger partial charge on any atom is -0.490 e. The average Bonchev–Trinajstić information content (AvgIpc) is 2.82. The Balaban J connectivity index is 1.71. The fourth-order valence-electron chi connectivity index (χ4n) is 3.56. The van der Waals surface area contributed by atoms with Crippen LogP contribution in [0.5, 0.6) is 11.5 Å². The topological polar surface area (TPSA) is 67.9 Å². The van der Waals surface area contributed by atoms with Crippen LogP contribution in [0.3, 0.4) is 0 Å². The molecule has 172 valence electrons. The molecule has 2 aromatic carbocycles. The summed E-state index contributed by atoms with van der Waals surface area (Å²) in [5, 5.41) is 2.86. The molecular weight excluding hydrogens is 404 g/mol. The predicted molar refractivity (Wildman–Crippen MR) is 128 cm³/mol. The van der Waals surface area contributed by atoms with Gasteiger partial charge in [0.05, 0.1) is 11.1 Å². The molecule has 0 bridgehead atoms. The van der Waals surface area contributed by atoms with Crippen molar-refractivity contribution in [1.29, 1.82) is 0 Å². The maximum Gasteiger partial charge on any atom is 0.262 e. The summed E-state index contributed by atoms with van der Waals surface area (Å²) in [4.78, 5) is 27.4. The minimum absolute atomic E-state index is 0.0154. The molecule has 0 radical (unpaired) electrons. The summed E-state index contributed by atoms with van der Waals surface area (Å²) in [7, 11) is 0. The van der Waals surface area contributed by atoms with E-state index >= 15 is 0 Å². The summed E-state index contributed by atoms with van der Waals surface area (Å²) in [5.74, 6) is 1.77. The maximum atomic E-state index is 13.2. The number of nitrogens with zero attached hydrogens (tertiary/aromatic N) is 1. The van der Waals surface area contributed by atoms with Gasteiger partial charge in [0.15, 0.2) is 6.61 Å². The highest BCUT2D eigenvalue weighted by Crippen LogP contribution is 2.38. The Kier molecular flexibility index (Phi) is 7.12. The van der Waals surface area contributed by atoms with E-state index in [1.165, 1.54) is 5.56 Å². The van der Waals surface area contributed by atoms with Crippen LogP contribution in [0.15, 0.2) is 42.5 Å². The van der Waals surface area contributed by atoms with E-state index in [0.29, 0.717) is 41.9 Å². The Morgan fingerprint density at radius 1 is 1.12 bits per heavy atom. The lowest BCUT2D eigenvalue weighted by Crippen LogP contribution is -2.43. The summed E-state index contributed by atoms with van der Waals surface area (Å²) < 4.78 is 11.6. The molecule has 0 unspecified atom stereocenters. The molecule has 0 aromatic heterocycles. The molecule has 1 aliphatic rings. The Bertz CT molecular complexity index is 964. The fraction of sp³-hybridized carbons (Fsp3) is 0.462.